The lowest BCUT2D eigenvalue weighted by Gasteiger charge is -2.21. The van der Waals surface area contributed by atoms with Crippen LogP contribution in [0.5, 0.6) is 0 Å². The SMILES string of the molecule is O=C(CCCC1CCCO1)C1CCCNC1. The minimum Gasteiger partial charge on any atom is -0.378 e. The van der Waals surface area contributed by atoms with Gasteiger partial charge in [-0.2, -0.15) is 0 Å². The predicted octanol–water partition coefficient (Wildman–Crippen LogP) is 1.90. The van der Waals surface area contributed by atoms with E-state index in [-0.39, 0.29) is 0 Å². The van der Waals surface area contributed by atoms with Crippen molar-refractivity contribution in [2.75, 3.05) is 19.7 Å². The molecular formula is C13H23NO2. The third-order valence-corrected chi connectivity index (χ3v) is 3.73. The van der Waals surface area contributed by atoms with E-state index >= 15 is 0 Å². The van der Waals surface area contributed by atoms with Gasteiger partial charge in [-0.15, -0.1) is 0 Å². The number of hydrogen-bond acceptors (Lipinski definition) is 3. The van der Waals surface area contributed by atoms with Crippen LogP contribution in [-0.4, -0.2) is 31.6 Å². The van der Waals surface area contributed by atoms with Gasteiger partial charge in [0.2, 0.25) is 0 Å². The standard InChI is InChI=1S/C13H23NO2/c15-13(11-4-2-8-14-10-11)7-1-5-12-6-3-9-16-12/h11-12,14H,1-10H2. The zero-order chi connectivity index (χ0) is 11.2. The fraction of sp³-hybridized carbons (Fsp3) is 0.923. The highest BCUT2D eigenvalue weighted by Gasteiger charge is 2.21. The second kappa shape index (κ2) is 6.36. The van der Waals surface area contributed by atoms with Gasteiger partial charge in [0.1, 0.15) is 5.78 Å². The Bertz CT molecular complexity index is 218. The number of Topliss-reactive ketones (excluding diaryl/α,β-unsaturated/α-hetero) is 1. The zero-order valence-electron chi connectivity index (χ0n) is 10.0. The van der Waals surface area contributed by atoms with Gasteiger partial charge in [-0.05, 0) is 45.1 Å². The molecule has 0 aliphatic carbocycles. The van der Waals surface area contributed by atoms with Crippen molar-refractivity contribution in [2.24, 2.45) is 5.92 Å². The molecule has 2 rings (SSSR count). The lowest BCUT2D eigenvalue weighted by Crippen LogP contribution is -2.34. The Labute approximate surface area is 97.9 Å². The quantitative estimate of drug-likeness (QED) is 0.776. The molecule has 2 aliphatic heterocycles. The number of carbonyl (C=O) groups is 1. The van der Waals surface area contributed by atoms with Gasteiger partial charge in [-0.1, -0.05) is 0 Å². The summed E-state index contributed by atoms with van der Waals surface area (Å²) in [5, 5.41) is 3.30. The molecule has 2 aliphatic rings. The van der Waals surface area contributed by atoms with Gasteiger partial charge in [0, 0.05) is 25.5 Å². The van der Waals surface area contributed by atoms with Crippen LogP contribution in [0.1, 0.15) is 44.9 Å². The predicted molar refractivity (Wildman–Crippen MR) is 63.4 cm³/mol. The van der Waals surface area contributed by atoms with E-state index in [4.69, 9.17) is 4.74 Å². The van der Waals surface area contributed by atoms with E-state index in [2.05, 4.69) is 5.32 Å². The normalized spacial score (nSPS) is 30.5. The largest absolute Gasteiger partial charge is 0.378 e. The second-order valence-electron chi connectivity index (χ2n) is 5.04. The average molecular weight is 225 g/mol. The highest BCUT2D eigenvalue weighted by molar-refractivity contribution is 5.81. The summed E-state index contributed by atoms with van der Waals surface area (Å²) in [6.45, 7) is 2.91. The number of nitrogens with one attached hydrogen (secondary N) is 1. The van der Waals surface area contributed by atoms with Gasteiger partial charge in [0.05, 0.1) is 6.10 Å². The molecule has 0 amide bonds. The maximum atomic E-state index is 11.9. The summed E-state index contributed by atoms with van der Waals surface area (Å²) in [6, 6.07) is 0. The van der Waals surface area contributed by atoms with Crippen molar-refractivity contribution in [3.05, 3.63) is 0 Å². The van der Waals surface area contributed by atoms with Gasteiger partial charge in [0.15, 0.2) is 0 Å². The van der Waals surface area contributed by atoms with Crippen LogP contribution >= 0.6 is 0 Å². The number of piperidine rings is 1. The average Bonchev–Trinajstić information content (AvgIpc) is 2.83. The molecule has 0 saturated carbocycles. The fourth-order valence-electron chi connectivity index (χ4n) is 2.71. The molecule has 0 radical (unpaired) electrons. The molecule has 92 valence electrons. The summed E-state index contributed by atoms with van der Waals surface area (Å²) in [6.07, 6.45) is 7.92. The summed E-state index contributed by atoms with van der Waals surface area (Å²) in [7, 11) is 0. The summed E-state index contributed by atoms with van der Waals surface area (Å²) in [5.74, 6) is 0.753. The lowest BCUT2D eigenvalue weighted by atomic mass is 9.92. The Kier molecular flexibility index (Phi) is 4.79. The van der Waals surface area contributed by atoms with Gasteiger partial charge >= 0.3 is 0 Å². The maximum absolute atomic E-state index is 11.9. The minimum atomic E-state index is 0.290. The van der Waals surface area contributed by atoms with E-state index in [0.29, 0.717) is 17.8 Å². The summed E-state index contributed by atoms with van der Waals surface area (Å²) in [5.41, 5.74) is 0. The van der Waals surface area contributed by atoms with Crippen molar-refractivity contribution in [2.45, 2.75) is 51.0 Å². The first-order valence-corrected chi connectivity index (χ1v) is 6.71. The van der Waals surface area contributed by atoms with Crippen molar-refractivity contribution in [1.29, 1.82) is 0 Å². The van der Waals surface area contributed by atoms with Crippen molar-refractivity contribution in [1.82, 2.24) is 5.32 Å². The molecule has 0 bridgehead atoms. The molecule has 3 nitrogen and oxygen atoms in total. The van der Waals surface area contributed by atoms with E-state index in [1.54, 1.807) is 0 Å². The number of rotatable bonds is 5. The smallest absolute Gasteiger partial charge is 0.137 e. The third-order valence-electron chi connectivity index (χ3n) is 3.73. The Morgan fingerprint density at radius 2 is 2.25 bits per heavy atom. The second-order valence-corrected chi connectivity index (χ2v) is 5.04. The Morgan fingerprint density at radius 1 is 1.31 bits per heavy atom. The van der Waals surface area contributed by atoms with Gasteiger partial charge in [-0.25, -0.2) is 0 Å². The molecule has 2 saturated heterocycles. The molecule has 16 heavy (non-hydrogen) atoms. The Morgan fingerprint density at radius 3 is 2.94 bits per heavy atom. The van der Waals surface area contributed by atoms with Crippen molar-refractivity contribution < 1.29 is 9.53 Å². The topological polar surface area (TPSA) is 38.3 Å². The van der Waals surface area contributed by atoms with Gasteiger partial charge in [-0.3, -0.25) is 4.79 Å². The third kappa shape index (κ3) is 3.56. The number of ether oxygens (including phenoxy) is 1. The van der Waals surface area contributed by atoms with Crippen LogP contribution in [0.2, 0.25) is 0 Å². The lowest BCUT2D eigenvalue weighted by molar-refractivity contribution is -0.123. The van der Waals surface area contributed by atoms with Crippen molar-refractivity contribution >= 4 is 5.78 Å². The number of ketones is 1. The van der Waals surface area contributed by atoms with Crippen LogP contribution in [0.15, 0.2) is 0 Å². The molecule has 0 aromatic carbocycles. The summed E-state index contributed by atoms with van der Waals surface area (Å²) < 4.78 is 5.56. The molecule has 0 aromatic heterocycles. The van der Waals surface area contributed by atoms with E-state index in [9.17, 15) is 4.79 Å². The summed E-state index contributed by atoms with van der Waals surface area (Å²) in [4.78, 5) is 11.9. The maximum Gasteiger partial charge on any atom is 0.137 e. The molecule has 0 spiro atoms. The molecule has 1 N–H and O–H groups in total. The first-order valence-electron chi connectivity index (χ1n) is 6.71. The minimum absolute atomic E-state index is 0.290. The molecule has 2 atom stereocenters. The van der Waals surface area contributed by atoms with Crippen LogP contribution in [0.4, 0.5) is 0 Å². The molecular weight excluding hydrogens is 202 g/mol. The monoisotopic (exact) mass is 225 g/mol. The highest BCUT2D eigenvalue weighted by Crippen LogP contribution is 2.19. The molecule has 2 heterocycles. The van der Waals surface area contributed by atoms with Crippen LogP contribution in [-0.2, 0) is 9.53 Å². The van der Waals surface area contributed by atoms with E-state index in [1.165, 1.54) is 12.8 Å². The Hall–Kier alpha value is -0.410. The van der Waals surface area contributed by atoms with E-state index in [0.717, 1.165) is 51.8 Å². The van der Waals surface area contributed by atoms with Crippen LogP contribution in [0.3, 0.4) is 0 Å². The van der Waals surface area contributed by atoms with Gasteiger partial charge in [0.25, 0.3) is 0 Å². The van der Waals surface area contributed by atoms with Crippen LogP contribution in [0.25, 0.3) is 0 Å². The molecule has 0 aromatic rings. The first kappa shape index (κ1) is 12.1. The van der Waals surface area contributed by atoms with Crippen LogP contribution < -0.4 is 5.32 Å². The fourth-order valence-corrected chi connectivity index (χ4v) is 2.71. The molecule has 3 heteroatoms. The van der Waals surface area contributed by atoms with Gasteiger partial charge < -0.3 is 10.1 Å². The number of carbonyl (C=O) groups excluding carboxylic acids is 1. The van der Waals surface area contributed by atoms with Crippen LogP contribution in [0, 0.1) is 5.92 Å². The zero-order valence-corrected chi connectivity index (χ0v) is 10.0. The summed E-state index contributed by atoms with van der Waals surface area (Å²) >= 11 is 0. The van der Waals surface area contributed by atoms with E-state index in [1.807, 2.05) is 0 Å². The molecule has 2 unspecified atom stereocenters. The number of hydrogen-bond donors (Lipinski definition) is 1. The Balaban J connectivity index is 1.59. The first-order chi connectivity index (χ1) is 7.86. The van der Waals surface area contributed by atoms with Crippen molar-refractivity contribution in [3.8, 4) is 0 Å². The van der Waals surface area contributed by atoms with Crippen molar-refractivity contribution in [3.63, 3.8) is 0 Å². The molecule has 2 fully saturated rings. The van der Waals surface area contributed by atoms with E-state index < -0.39 is 0 Å². The highest BCUT2D eigenvalue weighted by atomic mass is 16.5.